The molecular weight excluding hydrogens is 354 g/mol. The fourth-order valence-electron chi connectivity index (χ4n) is 2.04. The lowest BCUT2D eigenvalue weighted by Crippen LogP contribution is -2.33. The molecule has 6 heteroatoms. The van der Waals surface area contributed by atoms with E-state index in [4.69, 9.17) is 5.73 Å². The third-order valence-corrected chi connectivity index (χ3v) is 3.58. The van der Waals surface area contributed by atoms with Crippen molar-refractivity contribution in [1.29, 1.82) is 0 Å². The van der Waals surface area contributed by atoms with Gasteiger partial charge in [0.05, 0.1) is 0 Å². The molecule has 1 aromatic heterocycles. The minimum Gasteiger partial charge on any atom is -0.349 e. The highest BCUT2D eigenvalue weighted by molar-refractivity contribution is 9.10. The second-order valence-electron chi connectivity index (χ2n) is 4.56. The fourth-order valence-corrected chi connectivity index (χ4v) is 2.50. The van der Waals surface area contributed by atoms with Gasteiger partial charge in [0.25, 0.3) is 5.91 Å². The molecule has 1 heterocycles. The Bertz CT molecular complexity index is 586. The zero-order chi connectivity index (χ0) is 14.5. The van der Waals surface area contributed by atoms with E-state index in [1.54, 1.807) is 0 Å². The van der Waals surface area contributed by atoms with Crippen molar-refractivity contribution in [3.05, 3.63) is 58.3 Å². The number of nitrogens with one attached hydrogen (secondary N) is 1. The van der Waals surface area contributed by atoms with Crippen LogP contribution in [0.5, 0.6) is 0 Å². The summed E-state index contributed by atoms with van der Waals surface area (Å²) in [6, 6.07) is 11.4. The van der Waals surface area contributed by atoms with Crippen molar-refractivity contribution in [2.75, 3.05) is 6.54 Å². The lowest BCUT2D eigenvalue weighted by Gasteiger charge is -2.13. The van der Waals surface area contributed by atoms with E-state index in [1.165, 1.54) is 0 Å². The minimum absolute atomic E-state index is 0. The first-order chi connectivity index (χ1) is 9.61. The average molecular weight is 373 g/mol. The summed E-state index contributed by atoms with van der Waals surface area (Å²) in [4.78, 5) is 12.2. The van der Waals surface area contributed by atoms with Gasteiger partial charge in [-0.25, -0.2) is 0 Å². The molecule has 3 N–H and O–H groups in total. The Balaban J connectivity index is 0.00000220. The summed E-state index contributed by atoms with van der Waals surface area (Å²) in [6.45, 7) is 3.16. The van der Waals surface area contributed by atoms with Gasteiger partial charge in [-0.1, -0.05) is 30.3 Å². The van der Waals surface area contributed by atoms with Crippen LogP contribution in [0.4, 0.5) is 0 Å². The highest BCUT2D eigenvalue weighted by Crippen LogP contribution is 2.15. The monoisotopic (exact) mass is 371 g/mol. The standard InChI is InChI=1S/C15H18BrN3O.ClH/c1-2-19-10-12(16)8-14(19)15(20)18-9-13(17)11-6-4-3-5-7-11;/h3-8,10,13H,2,9,17H2,1H3,(H,18,20);1H. The van der Waals surface area contributed by atoms with Crippen molar-refractivity contribution in [1.82, 2.24) is 9.88 Å². The first kappa shape index (κ1) is 17.8. The Morgan fingerprint density at radius 1 is 1.38 bits per heavy atom. The van der Waals surface area contributed by atoms with Crippen LogP contribution in [0, 0.1) is 0 Å². The second-order valence-corrected chi connectivity index (χ2v) is 5.47. The van der Waals surface area contributed by atoms with E-state index < -0.39 is 0 Å². The Morgan fingerprint density at radius 3 is 2.67 bits per heavy atom. The second kappa shape index (κ2) is 8.22. The topological polar surface area (TPSA) is 60.0 Å². The van der Waals surface area contributed by atoms with E-state index in [0.717, 1.165) is 16.6 Å². The zero-order valence-corrected chi connectivity index (χ0v) is 14.2. The van der Waals surface area contributed by atoms with Crippen LogP contribution in [0.25, 0.3) is 0 Å². The quantitative estimate of drug-likeness (QED) is 0.847. The molecule has 1 aromatic carbocycles. The van der Waals surface area contributed by atoms with Crippen molar-refractivity contribution < 1.29 is 4.79 Å². The maximum absolute atomic E-state index is 12.2. The van der Waals surface area contributed by atoms with E-state index in [2.05, 4.69) is 21.2 Å². The number of nitrogens with two attached hydrogens (primary N) is 1. The number of hydrogen-bond donors (Lipinski definition) is 2. The third-order valence-electron chi connectivity index (χ3n) is 3.15. The van der Waals surface area contributed by atoms with Gasteiger partial charge in [-0.2, -0.15) is 0 Å². The fraction of sp³-hybridized carbons (Fsp3) is 0.267. The van der Waals surface area contributed by atoms with Crippen molar-refractivity contribution in [3.8, 4) is 0 Å². The van der Waals surface area contributed by atoms with Crippen molar-refractivity contribution in [3.63, 3.8) is 0 Å². The Labute approximate surface area is 139 Å². The molecular formula is C15H19BrClN3O. The highest BCUT2D eigenvalue weighted by Gasteiger charge is 2.13. The number of benzene rings is 1. The maximum atomic E-state index is 12.2. The number of aryl methyl sites for hydroxylation is 1. The van der Waals surface area contributed by atoms with Crippen LogP contribution < -0.4 is 11.1 Å². The largest absolute Gasteiger partial charge is 0.349 e. The van der Waals surface area contributed by atoms with E-state index >= 15 is 0 Å². The number of hydrogen-bond acceptors (Lipinski definition) is 2. The first-order valence-corrected chi connectivity index (χ1v) is 7.35. The molecule has 0 aliphatic heterocycles. The van der Waals surface area contributed by atoms with E-state index in [9.17, 15) is 4.79 Å². The summed E-state index contributed by atoms with van der Waals surface area (Å²) in [5.74, 6) is -0.107. The molecule has 0 bridgehead atoms. The average Bonchev–Trinajstić information content (AvgIpc) is 2.86. The predicted molar refractivity (Wildman–Crippen MR) is 90.8 cm³/mol. The van der Waals surface area contributed by atoms with Crippen molar-refractivity contribution in [2.45, 2.75) is 19.5 Å². The van der Waals surface area contributed by atoms with Gasteiger partial charge in [0.15, 0.2) is 0 Å². The lowest BCUT2D eigenvalue weighted by molar-refractivity contribution is 0.0942. The normalized spacial score (nSPS) is 11.6. The van der Waals surface area contributed by atoms with Crippen LogP contribution >= 0.6 is 28.3 Å². The number of nitrogens with zero attached hydrogens (tertiary/aromatic N) is 1. The molecule has 0 aliphatic carbocycles. The highest BCUT2D eigenvalue weighted by atomic mass is 79.9. The van der Waals surface area contributed by atoms with Crippen LogP contribution in [-0.2, 0) is 6.54 Å². The maximum Gasteiger partial charge on any atom is 0.268 e. The SMILES string of the molecule is CCn1cc(Br)cc1C(=O)NCC(N)c1ccccc1.Cl. The molecule has 0 spiro atoms. The molecule has 114 valence electrons. The Morgan fingerprint density at radius 2 is 2.05 bits per heavy atom. The Hall–Kier alpha value is -1.30. The molecule has 1 atom stereocenters. The van der Waals surface area contributed by atoms with Gasteiger partial charge in [-0.05, 0) is 34.5 Å². The van der Waals surface area contributed by atoms with Crippen molar-refractivity contribution >= 4 is 34.2 Å². The molecule has 0 saturated heterocycles. The summed E-state index contributed by atoms with van der Waals surface area (Å²) in [6.07, 6.45) is 1.89. The summed E-state index contributed by atoms with van der Waals surface area (Å²) >= 11 is 3.38. The van der Waals surface area contributed by atoms with E-state index in [1.807, 2.05) is 54.1 Å². The zero-order valence-electron chi connectivity index (χ0n) is 11.8. The number of aromatic nitrogens is 1. The number of amides is 1. The van der Waals surface area contributed by atoms with Gasteiger partial charge >= 0.3 is 0 Å². The number of carbonyl (C=O) groups excluding carboxylic acids is 1. The van der Waals surface area contributed by atoms with Gasteiger partial charge in [0.1, 0.15) is 5.69 Å². The minimum atomic E-state index is -0.200. The van der Waals surface area contributed by atoms with Gasteiger partial charge in [0.2, 0.25) is 0 Å². The predicted octanol–water partition coefficient (Wildman–Crippen LogP) is 3.12. The molecule has 1 unspecified atom stereocenters. The van der Waals surface area contributed by atoms with Crippen LogP contribution in [-0.4, -0.2) is 17.0 Å². The molecule has 1 amide bonds. The molecule has 0 fully saturated rings. The summed E-state index contributed by atoms with van der Waals surface area (Å²) in [7, 11) is 0. The van der Waals surface area contributed by atoms with E-state index in [-0.39, 0.29) is 24.4 Å². The number of rotatable bonds is 5. The Kier molecular flexibility index (Phi) is 6.95. The van der Waals surface area contributed by atoms with Gasteiger partial charge in [-0.3, -0.25) is 4.79 Å². The number of carbonyl (C=O) groups is 1. The molecule has 0 saturated carbocycles. The summed E-state index contributed by atoms with van der Waals surface area (Å²) in [5, 5.41) is 2.88. The van der Waals surface area contributed by atoms with Crippen LogP contribution in [0.3, 0.4) is 0 Å². The van der Waals surface area contributed by atoms with Gasteiger partial charge in [0, 0.05) is 29.8 Å². The molecule has 0 aliphatic rings. The van der Waals surface area contributed by atoms with E-state index in [0.29, 0.717) is 12.2 Å². The van der Waals surface area contributed by atoms with Crippen LogP contribution in [0.1, 0.15) is 29.0 Å². The molecule has 2 rings (SSSR count). The van der Waals surface area contributed by atoms with Gasteiger partial charge < -0.3 is 15.6 Å². The van der Waals surface area contributed by atoms with Crippen LogP contribution in [0.15, 0.2) is 47.1 Å². The smallest absolute Gasteiger partial charge is 0.268 e. The van der Waals surface area contributed by atoms with Crippen LogP contribution in [0.2, 0.25) is 0 Å². The molecule has 4 nitrogen and oxygen atoms in total. The molecule has 2 aromatic rings. The summed E-state index contributed by atoms with van der Waals surface area (Å²) in [5.41, 5.74) is 7.72. The van der Waals surface area contributed by atoms with Crippen molar-refractivity contribution in [2.24, 2.45) is 5.73 Å². The van der Waals surface area contributed by atoms with Gasteiger partial charge in [-0.15, -0.1) is 12.4 Å². The lowest BCUT2D eigenvalue weighted by atomic mass is 10.1. The number of halogens is 2. The third kappa shape index (κ3) is 4.59. The molecule has 21 heavy (non-hydrogen) atoms. The summed E-state index contributed by atoms with van der Waals surface area (Å²) < 4.78 is 2.80. The first-order valence-electron chi connectivity index (χ1n) is 6.56. The molecule has 0 radical (unpaired) electrons.